The molecular formula is C27H30N2O3S. The van der Waals surface area contributed by atoms with Gasteiger partial charge in [0.1, 0.15) is 12.3 Å². The van der Waals surface area contributed by atoms with Crippen molar-refractivity contribution in [2.75, 3.05) is 26.7 Å². The summed E-state index contributed by atoms with van der Waals surface area (Å²) in [4.78, 5) is 31.9. The first-order valence-electron chi connectivity index (χ1n) is 11.4. The molecular weight excluding hydrogens is 432 g/mol. The Hall–Kier alpha value is -3.12. The number of hydrogen-bond acceptors (Lipinski definition) is 4. The average molecular weight is 463 g/mol. The summed E-state index contributed by atoms with van der Waals surface area (Å²) < 4.78 is 5.28. The molecule has 33 heavy (non-hydrogen) atoms. The summed E-state index contributed by atoms with van der Waals surface area (Å²) in [5, 5.41) is 2.11. The molecule has 1 aliphatic rings. The summed E-state index contributed by atoms with van der Waals surface area (Å²) in [5.74, 6) is 0.457. The maximum absolute atomic E-state index is 13.7. The number of rotatable bonds is 7. The van der Waals surface area contributed by atoms with Crippen LogP contribution in [0.25, 0.3) is 0 Å². The molecule has 0 bridgehead atoms. The Morgan fingerprint density at radius 3 is 2.70 bits per heavy atom. The number of aryl methyl sites for hydroxylation is 1. The van der Waals surface area contributed by atoms with Crippen LogP contribution in [0.2, 0.25) is 0 Å². The summed E-state index contributed by atoms with van der Waals surface area (Å²) in [7, 11) is 1.58. The number of hydrogen-bond donors (Lipinski definition) is 0. The molecule has 0 aliphatic carbocycles. The van der Waals surface area contributed by atoms with Gasteiger partial charge in [0.15, 0.2) is 0 Å². The van der Waals surface area contributed by atoms with Crippen molar-refractivity contribution in [1.29, 1.82) is 0 Å². The Kier molecular flexibility index (Phi) is 7.14. The van der Waals surface area contributed by atoms with Crippen LogP contribution in [0.15, 0.2) is 60.0 Å². The van der Waals surface area contributed by atoms with E-state index < -0.39 is 0 Å². The van der Waals surface area contributed by atoms with Crippen molar-refractivity contribution in [2.24, 2.45) is 0 Å². The molecule has 2 amide bonds. The number of thiophene rings is 1. The normalized spacial score (nSPS) is 15.1. The molecule has 6 heteroatoms. The van der Waals surface area contributed by atoms with E-state index in [1.54, 1.807) is 41.5 Å². The van der Waals surface area contributed by atoms with Gasteiger partial charge < -0.3 is 14.5 Å². The zero-order valence-electron chi connectivity index (χ0n) is 19.4. The molecule has 0 fully saturated rings. The minimum absolute atomic E-state index is 0.0233. The van der Waals surface area contributed by atoms with Gasteiger partial charge in [-0.1, -0.05) is 37.3 Å². The molecule has 0 spiro atoms. The van der Waals surface area contributed by atoms with Crippen LogP contribution in [-0.2, 0) is 11.2 Å². The minimum Gasteiger partial charge on any atom is -0.497 e. The van der Waals surface area contributed by atoms with Crippen LogP contribution in [0.3, 0.4) is 0 Å². The quantitative estimate of drug-likeness (QED) is 0.491. The molecule has 0 radical (unpaired) electrons. The molecule has 0 saturated heterocycles. The highest BCUT2D eigenvalue weighted by Crippen LogP contribution is 2.39. The van der Waals surface area contributed by atoms with Crippen LogP contribution < -0.4 is 4.74 Å². The van der Waals surface area contributed by atoms with E-state index in [9.17, 15) is 9.59 Å². The Balaban J connectivity index is 1.62. The van der Waals surface area contributed by atoms with E-state index in [2.05, 4.69) is 30.5 Å². The van der Waals surface area contributed by atoms with Gasteiger partial charge in [0.25, 0.3) is 5.91 Å². The van der Waals surface area contributed by atoms with Gasteiger partial charge in [0.2, 0.25) is 5.91 Å². The molecule has 0 N–H and O–H groups in total. The average Bonchev–Trinajstić information content (AvgIpc) is 3.32. The fourth-order valence-corrected chi connectivity index (χ4v) is 5.43. The Morgan fingerprint density at radius 1 is 1.12 bits per heavy atom. The predicted octanol–water partition coefficient (Wildman–Crippen LogP) is 5.09. The van der Waals surface area contributed by atoms with E-state index in [1.807, 2.05) is 30.0 Å². The standard InChI is InChI=1S/C27H30N2O3S/c1-4-14-28(27(31)20-9-7-10-21(17-20)32-3)18-25(30)29-15-12-24-23(13-16-33-24)26(29)22-11-6-5-8-19(22)2/h5-11,13,16-17,26H,4,12,14-15,18H2,1-3H3. The zero-order valence-corrected chi connectivity index (χ0v) is 20.2. The first kappa shape index (κ1) is 23.1. The first-order chi connectivity index (χ1) is 16.0. The monoisotopic (exact) mass is 462 g/mol. The lowest BCUT2D eigenvalue weighted by Gasteiger charge is -2.38. The largest absolute Gasteiger partial charge is 0.497 e. The van der Waals surface area contributed by atoms with Gasteiger partial charge in [-0.3, -0.25) is 9.59 Å². The van der Waals surface area contributed by atoms with Crippen molar-refractivity contribution in [3.63, 3.8) is 0 Å². The number of carbonyl (C=O) groups is 2. The number of carbonyl (C=O) groups excluding carboxylic acids is 2. The highest BCUT2D eigenvalue weighted by atomic mass is 32.1. The Bertz CT molecular complexity index is 1140. The lowest BCUT2D eigenvalue weighted by Crippen LogP contribution is -2.47. The van der Waals surface area contributed by atoms with Crippen LogP contribution in [0, 0.1) is 6.92 Å². The highest BCUT2D eigenvalue weighted by Gasteiger charge is 2.34. The van der Waals surface area contributed by atoms with E-state index >= 15 is 0 Å². The van der Waals surface area contributed by atoms with E-state index in [1.165, 1.54) is 10.4 Å². The fraction of sp³-hybridized carbons (Fsp3) is 0.333. The van der Waals surface area contributed by atoms with Crippen molar-refractivity contribution in [2.45, 2.75) is 32.7 Å². The molecule has 2 heterocycles. The molecule has 3 aromatic rings. The van der Waals surface area contributed by atoms with Crippen molar-refractivity contribution >= 4 is 23.2 Å². The van der Waals surface area contributed by atoms with Gasteiger partial charge >= 0.3 is 0 Å². The topological polar surface area (TPSA) is 49.9 Å². The second kappa shape index (κ2) is 10.2. The molecule has 1 aliphatic heterocycles. The Labute approximate surface area is 199 Å². The molecule has 0 saturated carbocycles. The Morgan fingerprint density at radius 2 is 1.94 bits per heavy atom. The summed E-state index contributed by atoms with van der Waals surface area (Å²) in [6.45, 7) is 5.35. The van der Waals surface area contributed by atoms with Crippen LogP contribution in [0.1, 0.15) is 51.3 Å². The summed E-state index contributed by atoms with van der Waals surface area (Å²) in [6.07, 6.45) is 1.62. The van der Waals surface area contributed by atoms with Crippen LogP contribution in [0.4, 0.5) is 0 Å². The predicted molar refractivity (Wildman–Crippen MR) is 132 cm³/mol. The lowest BCUT2D eigenvalue weighted by molar-refractivity contribution is -0.134. The van der Waals surface area contributed by atoms with Crippen molar-refractivity contribution in [1.82, 2.24) is 9.80 Å². The van der Waals surface area contributed by atoms with Gasteiger partial charge in [0, 0.05) is 23.5 Å². The third-order valence-electron chi connectivity index (χ3n) is 6.19. The van der Waals surface area contributed by atoms with E-state index in [0.29, 0.717) is 24.4 Å². The van der Waals surface area contributed by atoms with Crippen LogP contribution in [-0.4, -0.2) is 48.4 Å². The summed E-state index contributed by atoms with van der Waals surface area (Å²) in [5.41, 5.74) is 4.04. The molecule has 1 atom stereocenters. The van der Waals surface area contributed by atoms with E-state index in [4.69, 9.17) is 4.74 Å². The second-order valence-corrected chi connectivity index (χ2v) is 9.35. The number of benzene rings is 2. The van der Waals surface area contributed by atoms with Crippen molar-refractivity contribution in [3.05, 3.63) is 87.1 Å². The highest BCUT2D eigenvalue weighted by molar-refractivity contribution is 7.10. The van der Waals surface area contributed by atoms with Crippen molar-refractivity contribution < 1.29 is 14.3 Å². The summed E-state index contributed by atoms with van der Waals surface area (Å²) in [6, 6.07) is 17.4. The first-order valence-corrected chi connectivity index (χ1v) is 12.3. The molecule has 172 valence electrons. The van der Waals surface area contributed by atoms with Gasteiger partial charge in [-0.05, 0) is 66.1 Å². The second-order valence-electron chi connectivity index (χ2n) is 8.35. The lowest BCUT2D eigenvalue weighted by atomic mass is 9.90. The molecule has 1 unspecified atom stereocenters. The van der Waals surface area contributed by atoms with Gasteiger partial charge in [-0.2, -0.15) is 0 Å². The third-order valence-corrected chi connectivity index (χ3v) is 7.19. The van der Waals surface area contributed by atoms with Crippen molar-refractivity contribution in [3.8, 4) is 5.75 Å². The van der Waals surface area contributed by atoms with Gasteiger partial charge in [-0.15, -0.1) is 11.3 Å². The number of ether oxygens (including phenoxy) is 1. The zero-order chi connectivity index (χ0) is 23.4. The van der Waals surface area contributed by atoms with Crippen LogP contribution >= 0.6 is 11.3 Å². The van der Waals surface area contributed by atoms with E-state index in [0.717, 1.165) is 24.0 Å². The molecule has 4 rings (SSSR count). The number of methoxy groups -OCH3 is 1. The molecule has 1 aromatic heterocycles. The van der Waals surface area contributed by atoms with Gasteiger partial charge in [-0.25, -0.2) is 0 Å². The van der Waals surface area contributed by atoms with Crippen LogP contribution in [0.5, 0.6) is 5.75 Å². The maximum atomic E-state index is 13.7. The maximum Gasteiger partial charge on any atom is 0.254 e. The number of fused-ring (bicyclic) bond motifs is 1. The SMILES string of the molecule is CCCN(CC(=O)N1CCc2sccc2C1c1ccccc1C)C(=O)c1cccc(OC)c1. The number of amides is 2. The fourth-order valence-electron chi connectivity index (χ4n) is 4.53. The number of nitrogens with zero attached hydrogens (tertiary/aromatic N) is 2. The minimum atomic E-state index is -0.148. The molecule has 5 nitrogen and oxygen atoms in total. The smallest absolute Gasteiger partial charge is 0.254 e. The third kappa shape index (κ3) is 4.81. The van der Waals surface area contributed by atoms with Gasteiger partial charge in [0.05, 0.1) is 13.2 Å². The summed E-state index contributed by atoms with van der Waals surface area (Å²) >= 11 is 1.76. The molecule has 2 aromatic carbocycles. The van der Waals surface area contributed by atoms with E-state index in [-0.39, 0.29) is 24.4 Å².